The molecule has 0 unspecified atom stereocenters. The average molecular weight is 400 g/mol. The normalized spacial score (nSPS) is 16.4. The van der Waals surface area contributed by atoms with Crippen LogP contribution < -0.4 is 16.1 Å². The van der Waals surface area contributed by atoms with Gasteiger partial charge in [-0.05, 0) is 25.0 Å². The topological polar surface area (TPSA) is 101 Å². The van der Waals surface area contributed by atoms with Crippen LogP contribution in [-0.4, -0.2) is 27.2 Å². The van der Waals surface area contributed by atoms with Gasteiger partial charge in [-0.2, -0.15) is 0 Å². The lowest BCUT2D eigenvalue weighted by Crippen LogP contribution is -2.30. The molecule has 9 heteroatoms. The summed E-state index contributed by atoms with van der Waals surface area (Å²) in [5.41, 5.74) is 6.75. The zero-order valence-corrected chi connectivity index (χ0v) is 15.6. The molecule has 0 radical (unpaired) electrons. The summed E-state index contributed by atoms with van der Waals surface area (Å²) in [6, 6.07) is 2.99. The van der Waals surface area contributed by atoms with Gasteiger partial charge in [0.2, 0.25) is 5.43 Å². The molecule has 0 bridgehead atoms. The van der Waals surface area contributed by atoms with Crippen molar-refractivity contribution in [3.05, 3.63) is 50.5 Å². The number of pyridine rings is 1. The lowest BCUT2D eigenvalue weighted by atomic mass is 10.1. The van der Waals surface area contributed by atoms with Gasteiger partial charge in [0.1, 0.15) is 11.4 Å². The second-order valence-corrected chi connectivity index (χ2v) is 8.34. The summed E-state index contributed by atoms with van der Waals surface area (Å²) in [6.07, 6.45) is 3.90. The van der Waals surface area contributed by atoms with Gasteiger partial charge in [0.05, 0.1) is 23.4 Å². The van der Waals surface area contributed by atoms with E-state index in [9.17, 15) is 19.1 Å². The van der Waals surface area contributed by atoms with E-state index in [4.69, 9.17) is 5.73 Å². The molecule has 0 spiro atoms. The number of rotatable bonds is 3. The Balaban J connectivity index is 1.66. The number of aromatic carboxylic acids is 1. The average Bonchev–Trinajstić information content (AvgIpc) is 3.42. The molecule has 1 aliphatic heterocycles. The van der Waals surface area contributed by atoms with Crippen LogP contribution in [0.5, 0.6) is 0 Å². The summed E-state index contributed by atoms with van der Waals surface area (Å²) in [5.74, 6) is -1.83. The van der Waals surface area contributed by atoms with E-state index in [-0.39, 0.29) is 17.0 Å². The monoisotopic (exact) mass is 400 g/mol. The molecule has 1 aromatic carbocycles. The Kier molecular flexibility index (Phi) is 3.70. The van der Waals surface area contributed by atoms with Crippen LogP contribution in [0.3, 0.4) is 0 Å². The van der Waals surface area contributed by atoms with Crippen LogP contribution in [0.4, 0.5) is 15.2 Å². The number of aromatic nitrogens is 2. The van der Waals surface area contributed by atoms with E-state index in [1.165, 1.54) is 23.6 Å². The van der Waals surface area contributed by atoms with Crippen LogP contribution in [0.25, 0.3) is 10.9 Å². The van der Waals surface area contributed by atoms with Gasteiger partial charge in [0, 0.05) is 35.5 Å². The number of hydrogen-bond donors (Lipinski definition) is 2. The Labute approximate surface area is 162 Å². The number of fused-ring (bicyclic) bond motifs is 2. The number of halogens is 1. The molecule has 0 atom stereocenters. The molecule has 3 N–H and O–H groups in total. The first-order valence-electron chi connectivity index (χ1n) is 9.03. The minimum atomic E-state index is -1.29. The maximum absolute atomic E-state index is 15.0. The highest BCUT2D eigenvalue weighted by atomic mass is 32.1. The van der Waals surface area contributed by atoms with Crippen LogP contribution in [-0.2, 0) is 13.0 Å². The minimum Gasteiger partial charge on any atom is -0.477 e. The van der Waals surface area contributed by atoms with Crippen LogP contribution in [0.1, 0.15) is 39.8 Å². The predicted octanol–water partition coefficient (Wildman–Crippen LogP) is 2.78. The van der Waals surface area contributed by atoms with Gasteiger partial charge in [-0.15, -0.1) is 11.3 Å². The van der Waals surface area contributed by atoms with Crippen molar-refractivity contribution in [2.45, 2.75) is 31.8 Å². The number of hydrogen-bond acceptors (Lipinski definition) is 6. The number of benzene rings is 1. The number of nitrogens with two attached hydrogens (primary N) is 1. The molecule has 0 saturated heterocycles. The molecular weight excluding hydrogens is 383 g/mol. The van der Waals surface area contributed by atoms with E-state index in [2.05, 4.69) is 4.98 Å². The fraction of sp³-hybridized carbons (Fsp3) is 0.316. The smallest absolute Gasteiger partial charge is 0.341 e. The predicted molar refractivity (Wildman–Crippen MR) is 105 cm³/mol. The van der Waals surface area contributed by atoms with Gasteiger partial charge < -0.3 is 20.3 Å². The maximum Gasteiger partial charge on any atom is 0.341 e. The highest BCUT2D eigenvalue weighted by molar-refractivity contribution is 7.15. The first-order valence-corrected chi connectivity index (χ1v) is 9.84. The Morgan fingerprint density at radius 1 is 1.36 bits per heavy atom. The molecule has 28 heavy (non-hydrogen) atoms. The van der Waals surface area contributed by atoms with Crippen molar-refractivity contribution in [1.82, 2.24) is 9.55 Å². The number of nitrogens with zero attached hydrogens (tertiary/aromatic N) is 3. The zero-order chi connectivity index (χ0) is 19.6. The summed E-state index contributed by atoms with van der Waals surface area (Å²) in [7, 11) is 0. The Bertz CT molecular complexity index is 1200. The second kappa shape index (κ2) is 6.03. The Morgan fingerprint density at radius 2 is 2.14 bits per heavy atom. The van der Waals surface area contributed by atoms with Gasteiger partial charge in [-0.25, -0.2) is 14.2 Å². The number of carbonyl (C=O) groups is 1. The lowest BCUT2D eigenvalue weighted by Gasteiger charge is -2.29. The number of nitrogen functional groups attached to an aromatic ring is 1. The number of thiazole rings is 1. The van der Waals surface area contributed by atoms with Crippen molar-refractivity contribution < 1.29 is 14.3 Å². The van der Waals surface area contributed by atoms with E-state index in [1.54, 1.807) is 6.07 Å². The summed E-state index contributed by atoms with van der Waals surface area (Å²) >= 11 is 1.41. The summed E-state index contributed by atoms with van der Waals surface area (Å²) in [5, 5.41) is 9.96. The molecular formula is C19H17FN4O3S. The lowest BCUT2D eigenvalue weighted by molar-refractivity contribution is 0.0695. The molecule has 1 fully saturated rings. The van der Waals surface area contributed by atoms with Gasteiger partial charge in [-0.1, -0.05) is 0 Å². The molecule has 144 valence electrons. The van der Waals surface area contributed by atoms with Crippen molar-refractivity contribution in [1.29, 1.82) is 0 Å². The van der Waals surface area contributed by atoms with E-state index < -0.39 is 17.2 Å². The minimum absolute atomic E-state index is 0.104. The standard InChI is InChI=1S/C19H17FN4O3S/c20-12-5-10-14(24(9-1-2-9)7-11(17(10)25)18(26)27)6-15(12)23-4-3-13-16(8-23)28-19(21)22-13/h5-7,9H,1-4,8H2,(H2,21,22)(H,26,27). The quantitative estimate of drug-likeness (QED) is 0.701. The fourth-order valence-electron chi connectivity index (χ4n) is 3.83. The van der Waals surface area contributed by atoms with E-state index in [1.807, 2.05) is 9.47 Å². The van der Waals surface area contributed by atoms with Gasteiger partial charge >= 0.3 is 5.97 Å². The fourth-order valence-corrected chi connectivity index (χ4v) is 4.72. The summed E-state index contributed by atoms with van der Waals surface area (Å²) in [6.45, 7) is 1.10. The number of carboxylic acids is 1. The van der Waals surface area contributed by atoms with Gasteiger partial charge in [0.25, 0.3) is 0 Å². The molecule has 7 nitrogen and oxygen atoms in total. The van der Waals surface area contributed by atoms with Gasteiger partial charge in [0.15, 0.2) is 5.13 Å². The third-order valence-corrected chi connectivity index (χ3v) is 6.27. The SMILES string of the molecule is Nc1nc2c(s1)CN(c1cc3c(cc1F)c(=O)c(C(=O)O)cn3C1CC1)CC2. The molecule has 5 rings (SSSR count). The highest BCUT2D eigenvalue weighted by Gasteiger charge is 2.29. The third kappa shape index (κ3) is 2.65. The van der Waals surface area contributed by atoms with E-state index in [0.29, 0.717) is 35.8 Å². The van der Waals surface area contributed by atoms with E-state index in [0.717, 1.165) is 23.4 Å². The molecule has 1 aliphatic carbocycles. The van der Waals surface area contributed by atoms with Crippen molar-refractivity contribution in [3.63, 3.8) is 0 Å². The van der Waals surface area contributed by atoms with Gasteiger partial charge in [-0.3, -0.25) is 4.79 Å². The number of anilines is 2. The van der Waals surface area contributed by atoms with Crippen molar-refractivity contribution in [2.24, 2.45) is 0 Å². The van der Waals surface area contributed by atoms with Crippen molar-refractivity contribution in [2.75, 3.05) is 17.2 Å². The van der Waals surface area contributed by atoms with E-state index >= 15 is 0 Å². The largest absolute Gasteiger partial charge is 0.477 e. The first kappa shape index (κ1) is 17.2. The van der Waals surface area contributed by atoms with Crippen LogP contribution in [0.15, 0.2) is 23.1 Å². The third-order valence-electron chi connectivity index (χ3n) is 5.36. The van der Waals surface area contributed by atoms with Crippen molar-refractivity contribution >= 4 is 39.0 Å². The van der Waals surface area contributed by atoms with Crippen LogP contribution in [0, 0.1) is 5.82 Å². The first-order chi connectivity index (χ1) is 13.4. The van der Waals surface area contributed by atoms with Crippen LogP contribution in [0.2, 0.25) is 0 Å². The molecule has 0 amide bonds. The summed E-state index contributed by atoms with van der Waals surface area (Å²) in [4.78, 5) is 31.3. The maximum atomic E-state index is 15.0. The second-order valence-electron chi connectivity index (χ2n) is 7.23. The molecule has 1 saturated carbocycles. The highest BCUT2D eigenvalue weighted by Crippen LogP contribution is 2.39. The summed E-state index contributed by atoms with van der Waals surface area (Å²) < 4.78 is 16.8. The molecule has 2 aliphatic rings. The van der Waals surface area contributed by atoms with Crippen molar-refractivity contribution in [3.8, 4) is 0 Å². The molecule has 2 aromatic heterocycles. The molecule has 3 aromatic rings. The van der Waals surface area contributed by atoms with Crippen LogP contribution >= 0.6 is 11.3 Å². The zero-order valence-electron chi connectivity index (χ0n) is 14.8. The Morgan fingerprint density at radius 3 is 2.86 bits per heavy atom. The molecule has 3 heterocycles. The Hall–Kier alpha value is -2.94. The number of carboxylic acid groups (broad SMARTS) is 1.